The third kappa shape index (κ3) is 4.67. The standard InChI is InChI=1S/C20H24N2O3/c1-13-5-15(3)19(7-17(13)9-21-23)11-25-12-20-8-18(10-22-24)14(2)6-16(20)4/h5-10,23-24H,11-12H2,1-4H3/b21-9+,22-10+. The minimum absolute atomic E-state index is 0.467. The predicted molar refractivity (Wildman–Crippen MR) is 99.1 cm³/mol. The van der Waals surface area contributed by atoms with Gasteiger partial charge in [0.2, 0.25) is 0 Å². The predicted octanol–water partition coefficient (Wildman–Crippen LogP) is 4.25. The van der Waals surface area contributed by atoms with E-state index in [0.717, 1.165) is 44.5 Å². The number of hydrogen-bond donors (Lipinski definition) is 2. The molecule has 0 aliphatic carbocycles. The lowest BCUT2D eigenvalue weighted by Gasteiger charge is -2.13. The van der Waals surface area contributed by atoms with Gasteiger partial charge >= 0.3 is 0 Å². The van der Waals surface area contributed by atoms with E-state index >= 15 is 0 Å². The van der Waals surface area contributed by atoms with Gasteiger partial charge in [-0.1, -0.05) is 22.4 Å². The summed E-state index contributed by atoms with van der Waals surface area (Å²) in [4.78, 5) is 0. The first-order valence-corrected chi connectivity index (χ1v) is 8.09. The highest BCUT2D eigenvalue weighted by Crippen LogP contribution is 2.19. The van der Waals surface area contributed by atoms with Gasteiger partial charge in [-0.3, -0.25) is 0 Å². The number of aryl methyl sites for hydroxylation is 4. The molecule has 2 N–H and O–H groups in total. The van der Waals surface area contributed by atoms with Crippen molar-refractivity contribution in [1.29, 1.82) is 0 Å². The van der Waals surface area contributed by atoms with Crippen LogP contribution in [0.25, 0.3) is 0 Å². The van der Waals surface area contributed by atoms with Gasteiger partial charge in [0, 0.05) is 0 Å². The summed E-state index contributed by atoms with van der Waals surface area (Å²) in [6.07, 6.45) is 2.87. The molecule has 0 fully saturated rings. The van der Waals surface area contributed by atoms with Crippen LogP contribution in [0.3, 0.4) is 0 Å². The zero-order valence-corrected chi connectivity index (χ0v) is 15.1. The smallest absolute Gasteiger partial charge is 0.0736 e. The van der Waals surface area contributed by atoms with Crippen molar-refractivity contribution < 1.29 is 15.2 Å². The second-order valence-electron chi connectivity index (χ2n) is 6.25. The highest BCUT2D eigenvalue weighted by Gasteiger charge is 2.07. The van der Waals surface area contributed by atoms with Gasteiger partial charge in [0.25, 0.3) is 0 Å². The first kappa shape index (κ1) is 18.7. The Hall–Kier alpha value is -2.66. The molecule has 0 atom stereocenters. The van der Waals surface area contributed by atoms with E-state index in [4.69, 9.17) is 15.2 Å². The van der Waals surface area contributed by atoms with Gasteiger partial charge in [0.1, 0.15) is 0 Å². The lowest BCUT2D eigenvalue weighted by atomic mass is 10.0. The molecule has 0 saturated heterocycles. The van der Waals surface area contributed by atoms with Crippen molar-refractivity contribution in [2.24, 2.45) is 10.3 Å². The Morgan fingerprint density at radius 3 is 1.48 bits per heavy atom. The Bertz CT molecular complexity index is 744. The van der Waals surface area contributed by atoms with Crippen LogP contribution in [0.15, 0.2) is 34.6 Å². The summed E-state index contributed by atoms with van der Waals surface area (Å²) in [6, 6.07) is 8.08. The second-order valence-corrected chi connectivity index (χ2v) is 6.25. The number of benzene rings is 2. The molecule has 0 aliphatic heterocycles. The van der Waals surface area contributed by atoms with E-state index in [-0.39, 0.29) is 0 Å². The van der Waals surface area contributed by atoms with Crippen LogP contribution in [0.4, 0.5) is 0 Å². The fourth-order valence-corrected chi connectivity index (χ4v) is 2.82. The van der Waals surface area contributed by atoms with Crippen molar-refractivity contribution in [3.63, 3.8) is 0 Å². The molecule has 0 spiro atoms. The first-order chi connectivity index (χ1) is 12.0. The van der Waals surface area contributed by atoms with E-state index < -0.39 is 0 Å². The van der Waals surface area contributed by atoms with Crippen LogP contribution in [-0.2, 0) is 18.0 Å². The fraction of sp³-hybridized carbons (Fsp3) is 0.300. The van der Waals surface area contributed by atoms with Crippen LogP contribution in [0, 0.1) is 27.7 Å². The van der Waals surface area contributed by atoms with Gasteiger partial charge in [0.05, 0.1) is 25.6 Å². The molecule has 2 aromatic carbocycles. The highest BCUT2D eigenvalue weighted by atomic mass is 16.5. The van der Waals surface area contributed by atoms with Crippen LogP contribution in [-0.4, -0.2) is 22.8 Å². The van der Waals surface area contributed by atoms with Gasteiger partial charge in [0.15, 0.2) is 0 Å². The normalized spacial score (nSPS) is 11.7. The lowest BCUT2D eigenvalue weighted by molar-refractivity contribution is 0.106. The van der Waals surface area contributed by atoms with Crippen molar-refractivity contribution in [3.05, 3.63) is 68.8 Å². The van der Waals surface area contributed by atoms with E-state index in [1.165, 1.54) is 12.4 Å². The fourth-order valence-electron chi connectivity index (χ4n) is 2.82. The van der Waals surface area contributed by atoms with Crippen molar-refractivity contribution in [2.45, 2.75) is 40.9 Å². The molecular weight excluding hydrogens is 316 g/mol. The second kappa shape index (κ2) is 8.44. The molecule has 5 heteroatoms. The molecule has 2 aromatic rings. The van der Waals surface area contributed by atoms with Crippen LogP contribution >= 0.6 is 0 Å². The molecule has 0 aliphatic rings. The molecule has 0 radical (unpaired) electrons. The Kier molecular flexibility index (Phi) is 6.31. The van der Waals surface area contributed by atoms with Crippen molar-refractivity contribution >= 4 is 12.4 Å². The molecule has 5 nitrogen and oxygen atoms in total. The van der Waals surface area contributed by atoms with Crippen LogP contribution in [0.5, 0.6) is 0 Å². The van der Waals surface area contributed by atoms with E-state index in [1.807, 2.05) is 39.8 Å². The van der Waals surface area contributed by atoms with Crippen molar-refractivity contribution in [2.75, 3.05) is 0 Å². The third-order valence-corrected chi connectivity index (χ3v) is 4.36. The largest absolute Gasteiger partial charge is 0.411 e. The molecule has 0 aromatic heterocycles. The molecule has 2 rings (SSSR count). The summed E-state index contributed by atoms with van der Waals surface area (Å²) in [5.41, 5.74) is 8.26. The maximum absolute atomic E-state index is 8.76. The average Bonchev–Trinajstić information content (AvgIpc) is 2.56. The van der Waals surface area contributed by atoms with Gasteiger partial charge in [-0.05, 0) is 84.3 Å². The quantitative estimate of drug-likeness (QED) is 0.469. The number of nitrogens with zero attached hydrogens (tertiary/aromatic N) is 2. The van der Waals surface area contributed by atoms with E-state index in [9.17, 15) is 0 Å². The number of ether oxygens (including phenoxy) is 1. The van der Waals surface area contributed by atoms with Gasteiger partial charge < -0.3 is 15.2 Å². The maximum Gasteiger partial charge on any atom is 0.0736 e. The van der Waals surface area contributed by atoms with Crippen LogP contribution in [0.1, 0.15) is 44.5 Å². The molecule has 0 unspecified atom stereocenters. The van der Waals surface area contributed by atoms with E-state index in [0.29, 0.717) is 13.2 Å². The number of hydrogen-bond acceptors (Lipinski definition) is 5. The average molecular weight is 340 g/mol. The van der Waals surface area contributed by atoms with E-state index in [2.05, 4.69) is 22.4 Å². The molecule has 0 bridgehead atoms. The SMILES string of the molecule is Cc1cc(C)c(COCc2cc(/C=N/O)c(C)cc2C)cc1/C=N/O. The lowest BCUT2D eigenvalue weighted by Crippen LogP contribution is -2.02. The molecule has 0 saturated carbocycles. The Morgan fingerprint density at radius 2 is 1.12 bits per heavy atom. The zero-order chi connectivity index (χ0) is 18.4. The van der Waals surface area contributed by atoms with Crippen LogP contribution < -0.4 is 0 Å². The highest BCUT2D eigenvalue weighted by molar-refractivity contribution is 5.82. The van der Waals surface area contributed by atoms with E-state index in [1.54, 1.807) is 0 Å². The Labute approximate surface area is 148 Å². The topological polar surface area (TPSA) is 74.4 Å². The monoisotopic (exact) mass is 340 g/mol. The maximum atomic E-state index is 8.76. The summed E-state index contributed by atoms with van der Waals surface area (Å²) < 4.78 is 5.90. The number of rotatable bonds is 6. The minimum Gasteiger partial charge on any atom is -0.411 e. The summed E-state index contributed by atoms with van der Waals surface area (Å²) in [7, 11) is 0. The first-order valence-electron chi connectivity index (χ1n) is 8.09. The molecule has 0 heterocycles. The summed E-state index contributed by atoms with van der Waals surface area (Å²) in [6.45, 7) is 8.98. The molecule has 132 valence electrons. The minimum atomic E-state index is 0.467. The van der Waals surface area contributed by atoms with Crippen LogP contribution in [0.2, 0.25) is 0 Å². The van der Waals surface area contributed by atoms with Gasteiger partial charge in [-0.25, -0.2) is 0 Å². The third-order valence-electron chi connectivity index (χ3n) is 4.36. The Morgan fingerprint density at radius 1 is 0.720 bits per heavy atom. The van der Waals surface area contributed by atoms with Crippen molar-refractivity contribution in [1.82, 2.24) is 0 Å². The summed E-state index contributed by atoms with van der Waals surface area (Å²) in [5, 5.41) is 23.8. The molecular formula is C20H24N2O3. The Balaban J connectivity index is 2.13. The summed E-state index contributed by atoms with van der Waals surface area (Å²) in [5.74, 6) is 0. The number of oxime groups is 2. The zero-order valence-electron chi connectivity index (χ0n) is 15.1. The van der Waals surface area contributed by atoms with Crippen molar-refractivity contribution in [3.8, 4) is 0 Å². The summed E-state index contributed by atoms with van der Waals surface area (Å²) >= 11 is 0. The molecule has 25 heavy (non-hydrogen) atoms. The molecule has 0 amide bonds. The van der Waals surface area contributed by atoms with Gasteiger partial charge in [-0.15, -0.1) is 0 Å². The van der Waals surface area contributed by atoms with Gasteiger partial charge in [-0.2, -0.15) is 0 Å².